The number of thiophene rings is 1. The smallest absolute Gasteiger partial charge is 0.348 e. The summed E-state index contributed by atoms with van der Waals surface area (Å²) in [5, 5.41) is 10.8. The molecule has 28 heavy (non-hydrogen) atoms. The van der Waals surface area contributed by atoms with Gasteiger partial charge in [0, 0.05) is 10.3 Å². The van der Waals surface area contributed by atoms with Crippen molar-refractivity contribution in [3.63, 3.8) is 0 Å². The highest BCUT2D eigenvalue weighted by Crippen LogP contribution is 2.46. The van der Waals surface area contributed by atoms with Crippen LogP contribution in [0.3, 0.4) is 0 Å². The first-order valence-electron chi connectivity index (χ1n) is 10.9. The minimum Gasteiger partial charge on any atom is -0.465 e. The fourth-order valence-electron chi connectivity index (χ4n) is 5.10. The van der Waals surface area contributed by atoms with Crippen LogP contribution in [0.15, 0.2) is 12.1 Å². The summed E-state index contributed by atoms with van der Waals surface area (Å²) < 4.78 is 4.79. The van der Waals surface area contributed by atoms with Gasteiger partial charge in [0.25, 0.3) is 0 Å². The first kappa shape index (κ1) is 22.1. The molecule has 2 aliphatic rings. The van der Waals surface area contributed by atoms with Gasteiger partial charge in [-0.15, -0.1) is 22.9 Å². The van der Waals surface area contributed by atoms with E-state index >= 15 is 0 Å². The molecule has 2 saturated carbocycles. The Bertz CT molecular complexity index is 640. The summed E-state index contributed by atoms with van der Waals surface area (Å²) in [5.74, 6) is 1.06. The van der Waals surface area contributed by atoms with Crippen LogP contribution in [0.4, 0.5) is 0 Å². The number of hydrogen-bond donors (Lipinski definition) is 1. The van der Waals surface area contributed by atoms with Gasteiger partial charge in [-0.05, 0) is 87.2 Å². The molecule has 3 nitrogen and oxygen atoms in total. The second-order valence-electron chi connectivity index (χ2n) is 9.12. The summed E-state index contributed by atoms with van der Waals surface area (Å²) >= 11 is 8.20. The van der Waals surface area contributed by atoms with Crippen molar-refractivity contribution in [3.05, 3.63) is 21.9 Å². The van der Waals surface area contributed by atoms with Gasteiger partial charge >= 0.3 is 5.97 Å². The van der Waals surface area contributed by atoms with E-state index < -0.39 is 0 Å². The van der Waals surface area contributed by atoms with E-state index in [4.69, 9.17) is 16.3 Å². The molecule has 1 aromatic heterocycles. The Morgan fingerprint density at radius 3 is 2.79 bits per heavy atom. The second-order valence-corrected chi connectivity index (χ2v) is 10.9. The highest BCUT2D eigenvalue weighted by molar-refractivity contribution is 7.13. The fraction of sp³-hybridized carbons (Fsp3) is 0.783. The zero-order valence-electron chi connectivity index (χ0n) is 17.3. The Balaban J connectivity index is 1.40. The fourth-order valence-corrected chi connectivity index (χ4v) is 6.52. The van der Waals surface area contributed by atoms with Crippen molar-refractivity contribution >= 4 is 28.9 Å². The van der Waals surface area contributed by atoms with Crippen molar-refractivity contribution in [1.82, 2.24) is 0 Å². The average molecular weight is 427 g/mol. The third kappa shape index (κ3) is 5.31. The number of alkyl halides is 1. The van der Waals surface area contributed by atoms with E-state index in [1.165, 1.54) is 44.1 Å². The molecule has 3 rings (SSSR count). The second kappa shape index (κ2) is 9.95. The Morgan fingerprint density at radius 1 is 1.32 bits per heavy atom. The van der Waals surface area contributed by atoms with Crippen molar-refractivity contribution in [1.29, 1.82) is 0 Å². The number of halogens is 1. The molecule has 1 unspecified atom stereocenters. The van der Waals surface area contributed by atoms with E-state index in [-0.39, 0.29) is 17.5 Å². The number of aryl methyl sites for hydroxylation is 1. The van der Waals surface area contributed by atoms with Crippen LogP contribution in [0.5, 0.6) is 0 Å². The number of esters is 1. The number of carbonyl (C=O) groups excluding carboxylic acids is 1. The Kier molecular flexibility index (Phi) is 7.86. The average Bonchev–Trinajstić information content (AvgIpc) is 3.27. The molecule has 0 spiro atoms. The lowest BCUT2D eigenvalue weighted by Gasteiger charge is -2.42. The molecule has 0 saturated heterocycles. The van der Waals surface area contributed by atoms with Gasteiger partial charge in [-0.1, -0.05) is 19.8 Å². The van der Waals surface area contributed by atoms with Gasteiger partial charge in [0.15, 0.2) is 0 Å². The van der Waals surface area contributed by atoms with Crippen LogP contribution in [0.25, 0.3) is 0 Å². The van der Waals surface area contributed by atoms with E-state index in [2.05, 4.69) is 13.0 Å². The van der Waals surface area contributed by atoms with Crippen LogP contribution in [-0.2, 0) is 11.2 Å². The Morgan fingerprint density at radius 2 is 2.11 bits per heavy atom. The SMILES string of the molecule is COC(=O)c1ccc(CCC[C@H]2CC[C@H](Cl)[C@@H]2CCCC(O)C2(C)CCC2)s1. The Hall–Kier alpha value is -0.580. The molecule has 1 aromatic rings. The normalized spacial score (nSPS) is 27.4. The highest BCUT2D eigenvalue weighted by Gasteiger charge is 2.39. The lowest BCUT2D eigenvalue weighted by atomic mass is 9.65. The molecule has 0 amide bonds. The minimum atomic E-state index is -0.241. The van der Waals surface area contributed by atoms with Crippen molar-refractivity contribution in [3.8, 4) is 0 Å². The van der Waals surface area contributed by atoms with Crippen LogP contribution in [0.1, 0.15) is 85.7 Å². The van der Waals surface area contributed by atoms with Gasteiger partial charge in [-0.2, -0.15) is 0 Å². The number of rotatable bonds is 10. The highest BCUT2D eigenvalue weighted by atomic mass is 35.5. The lowest BCUT2D eigenvalue weighted by molar-refractivity contribution is -0.0266. The number of ether oxygens (including phenoxy) is 1. The predicted octanol–water partition coefficient (Wildman–Crippen LogP) is 6.21. The van der Waals surface area contributed by atoms with Gasteiger partial charge in [0.05, 0.1) is 13.2 Å². The summed E-state index contributed by atoms with van der Waals surface area (Å²) in [7, 11) is 1.43. The maximum Gasteiger partial charge on any atom is 0.348 e. The molecule has 0 radical (unpaired) electrons. The van der Waals surface area contributed by atoms with Crippen LogP contribution in [0.2, 0.25) is 0 Å². The summed E-state index contributed by atoms with van der Waals surface area (Å²) in [4.78, 5) is 13.5. The third-order valence-electron chi connectivity index (χ3n) is 7.24. The summed E-state index contributed by atoms with van der Waals surface area (Å²) in [6.45, 7) is 2.24. The van der Waals surface area contributed by atoms with Gasteiger partial charge in [0.1, 0.15) is 4.88 Å². The Labute approximate surface area is 178 Å². The zero-order valence-corrected chi connectivity index (χ0v) is 18.9. The third-order valence-corrected chi connectivity index (χ3v) is 8.91. The maximum absolute atomic E-state index is 11.6. The topological polar surface area (TPSA) is 46.5 Å². The van der Waals surface area contributed by atoms with Crippen LogP contribution >= 0.6 is 22.9 Å². The van der Waals surface area contributed by atoms with Crippen molar-refractivity contribution in [2.24, 2.45) is 17.3 Å². The molecule has 2 fully saturated rings. The summed E-state index contributed by atoms with van der Waals surface area (Å²) in [6.07, 6.45) is 12.4. The van der Waals surface area contributed by atoms with Crippen molar-refractivity contribution in [2.45, 2.75) is 89.0 Å². The van der Waals surface area contributed by atoms with Crippen LogP contribution in [-0.4, -0.2) is 29.7 Å². The summed E-state index contributed by atoms with van der Waals surface area (Å²) in [6, 6.07) is 3.92. The predicted molar refractivity (Wildman–Crippen MR) is 116 cm³/mol. The number of carbonyl (C=O) groups is 1. The van der Waals surface area contributed by atoms with E-state index in [0.29, 0.717) is 22.1 Å². The molecule has 0 aromatic carbocycles. The molecule has 4 atom stereocenters. The van der Waals surface area contributed by atoms with Gasteiger partial charge in [-0.3, -0.25) is 0 Å². The maximum atomic E-state index is 11.6. The molecule has 1 heterocycles. The molecular formula is C23H35ClO3S. The van der Waals surface area contributed by atoms with E-state index in [1.54, 1.807) is 11.3 Å². The first-order chi connectivity index (χ1) is 13.4. The first-order valence-corrected chi connectivity index (χ1v) is 12.2. The molecule has 1 N–H and O–H groups in total. The molecule has 0 aliphatic heterocycles. The summed E-state index contributed by atoms with van der Waals surface area (Å²) in [5.41, 5.74) is 0.180. The molecule has 2 aliphatic carbocycles. The van der Waals surface area contributed by atoms with Gasteiger partial charge < -0.3 is 9.84 Å². The molecule has 158 valence electrons. The standard InChI is InChI=1S/C23H35ClO3S/c1-23(14-5-15-23)21(25)9-4-8-18-16(10-12-19(18)24)6-3-7-17-11-13-20(28-17)22(26)27-2/h11,13,16,18-19,21,25H,3-10,12,14-15H2,1-2H3/t16-,18+,19-,21?/m0/s1. The number of methoxy groups -OCH3 is 1. The van der Waals surface area contributed by atoms with Crippen molar-refractivity contribution < 1.29 is 14.6 Å². The minimum absolute atomic E-state index is 0.141. The number of hydrogen-bond acceptors (Lipinski definition) is 4. The van der Waals surface area contributed by atoms with Crippen molar-refractivity contribution in [2.75, 3.05) is 7.11 Å². The van der Waals surface area contributed by atoms with E-state index in [0.717, 1.165) is 38.5 Å². The lowest BCUT2D eigenvalue weighted by Crippen LogP contribution is -2.38. The zero-order chi connectivity index (χ0) is 20.1. The van der Waals surface area contributed by atoms with Gasteiger partial charge in [0.2, 0.25) is 0 Å². The number of aliphatic hydroxyl groups excluding tert-OH is 1. The van der Waals surface area contributed by atoms with E-state index in [1.807, 2.05) is 6.07 Å². The van der Waals surface area contributed by atoms with Crippen LogP contribution in [0, 0.1) is 17.3 Å². The van der Waals surface area contributed by atoms with E-state index in [9.17, 15) is 9.90 Å². The largest absolute Gasteiger partial charge is 0.465 e. The van der Waals surface area contributed by atoms with Crippen LogP contribution < -0.4 is 0 Å². The molecule has 0 bridgehead atoms. The monoisotopic (exact) mass is 426 g/mol. The molecule has 5 heteroatoms. The quantitative estimate of drug-likeness (QED) is 0.357. The van der Waals surface area contributed by atoms with Gasteiger partial charge in [-0.25, -0.2) is 4.79 Å². The number of aliphatic hydroxyl groups is 1. The molecular weight excluding hydrogens is 392 g/mol.